The van der Waals surface area contributed by atoms with Crippen LogP contribution in [0.1, 0.15) is 24.3 Å². The first-order chi connectivity index (χ1) is 14.6. The van der Waals surface area contributed by atoms with Crippen molar-refractivity contribution in [1.29, 1.82) is 0 Å². The molecule has 8 nitrogen and oxygen atoms in total. The van der Waals surface area contributed by atoms with Crippen LogP contribution in [-0.4, -0.2) is 43.8 Å². The summed E-state index contributed by atoms with van der Waals surface area (Å²) in [5, 5.41) is 7.15. The van der Waals surface area contributed by atoms with Gasteiger partial charge in [-0.25, -0.2) is 4.79 Å². The first-order valence-electron chi connectivity index (χ1n) is 9.36. The lowest BCUT2D eigenvalue weighted by molar-refractivity contribution is -0.116. The second-order valence-electron chi connectivity index (χ2n) is 6.73. The highest BCUT2D eigenvalue weighted by Crippen LogP contribution is 2.29. The van der Waals surface area contributed by atoms with Gasteiger partial charge in [0.05, 0.1) is 7.11 Å². The molecule has 0 atom stereocenters. The van der Waals surface area contributed by atoms with Gasteiger partial charge in [0, 0.05) is 23.5 Å². The van der Waals surface area contributed by atoms with E-state index < -0.39 is 16.1 Å². The highest BCUT2D eigenvalue weighted by atomic mass is 32.3. The van der Waals surface area contributed by atoms with Gasteiger partial charge in [-0.2, -0.15) is 12.1 Å². The Bertz CT molecular complexity index is 1030. The largest absolute Gasteiger partial charge is 0.495 e. The average Bonchev–Trinajstić information content (AvgIpc) is 3.24. The molecule has 0 unspecified atom stereocenters. The van der Waals surface area contributed by atoms with Gasteiger partial charge in [0.2, 0.25) is 5.91 Å². The molecule has 0 aliphatic carbocycles. The maximum atomic E-state index is 12.9. The Morgan fingerprint density at radius 3 is 2.65 bits per heavy atom. The molecular formula is C20H25N3O5S3. The van der Waals surface area contributed by atoms with Crippen LogP contribution >= 0.6 is 24.2 Å². The quantitative estimate of drug-likeness (QED) is 0.376. The summed E-state index contributed by atoms with van der Waals surface area (Å²) in [5.74, 6) is -0.162. The van der Waals surface area contributed by atoms with Crippen LogP contribution < -0.4 is 15.4 Å². The SMILES string of the molecule is COc1ccc(CCNC(=O)/C=C/c2cccs2)cc1S(=O)(=O)N(S)C(=O)NC(C)C. The van der Waals surface area contributed by atoms with E-state index in [9.17, 15) is 18.0 Å². The third-order valence-corrected chi connectivity index (χ3v) is 7.13. The lowest BCUT2D eigenvalue weighted by Gasteiger charge is -2.20. The molecule has 3 amide bonds. The highest BCUT2D eigenvalue weighted by Gasteiger charge is 2.30. The van der Waals surface area contributed by atoms with Gasteiger partial charge in [-0.3, -0.25) is 4.79 Å². The molecule has 2 rings (SSSR count). The van der Waals surface area contributed by atoms with E-state index in [0.29, 0.717) is 22.2 Å². The minimum atomic E-state index is -4.26. The molecule has 168 valence electrons. The minimum absolute atomic E-state index is 0.0862. The molecule has 0 spiro atoms. The Morgan fingerprint density at radius 2 is 2.03 bits per heavy atom. The van der Waals surface area contributed by atoms with E-state index >= 15 is 0 Å². The Morgan fingerprint density at radius 1 is 1.29 bits per heavy atom. The topological polar surface area (TPSA) is 105 Å². The Kier molecular flexibility index (Phi) is 8.96. The maximum Gasteiger partial charge on any atom is 0.341 e. The van der Waals surface area contributed by atoms with Gasteiger partial charge in [0.1, 0.15) is 10.6 Å². The third-order valence-electron chi connectivity index (χ3n) is 3.97. The van der Waals surface area contributed by atoms with Crippen molar-refractivity contribution in [3.8, 4) is 5.75 Å². The molecular weight excluding hydrogens is 458 g/mol. The lowest BCUT2D eigenvalue weighted by atomic mass is 10.1. The lowest BCUT2D eigenvalue weighted by Crippen LogP contribution is -2.41. The van der Waals surface area contributed by atoms with Crippen molar-refractivity contribution < 1.29 is 22.7 Å². The summed E-state index contributed by atoms with van der Waals surface area (Å²) < 4.78 is 31.3. The van der Waals surface area contributed by atoms with Crippen molar-refractivity contribution in [3.63, 3.8) is 0 Å². The number of sulfonamides is 1. The Balaban J connectivity index is 2.09. The summed E-state index contributed by atoms with van der Waals surface area (Å²) in [4.78, 5) is 24.8. The van der Waals surface area contributed by atoms with Gasteiger partial charge in [-0.05, 0) is 68.3 Å². The zero-order valence-electron chi connectivity index (χ0n) is 17.4. The fraction of sp³-hybridized carbons (Fsp3) is 0.300. The van der Waals surface area contributed by atoms with Gasteiger partial charge in [0.15, 0.2) is 0 Å². The zero-order valence-corrected chi connectivity index (χ0v) is 19.9. The van der Waals surface area contributed by atoms with E-state index in [2.05, 4.69) is 23.4 Å². The first kappa shape index (κ1) is 24.8. The predicted molar refractivity (Wildman–Crippen MR) is 125 cm³/mol. The monoisotopic (exact) mass is 483 g/mol. The molecule has 1 heterocycles. The number of carbonyl (C=O) groups is 2. The summed E-state index contributed by atoms with van der Waals surface area (Å²) in [6.07, 6.45) is 3.55. The number of hydrogen-bond donors (Lipinski definition) is 3. The zero-order chi connectivity index (χ0) is 23.0. The number of nitrogens with one attached hydrogen (secondary N) is 2. The molecule has 11 heteroatoms. The van der Waals surface area contributed by atoms with Crippen LogP contribution in [0.2, 0.25) is 0 Å². The smallest absolute Gasteiger partial charge is 0.341 e. The molecule has 0 aliphatic rings. The molecule has 0 bridgehead atoms. The van der Waals surface area contributed by atoms with Gasteiger partial charge in [0.25, 0.3) is 10.0 Å². The summed E-state index contributed by atoms with van der Waals surface area (Å²) >= 11 is 5.40. The summed E-state index contributed by atoms with van der Waals surface area (Å²) in [7, 11) is -2.92. The van der Waals surface area contributed by atoms with Crippen molar-refractivity contribution in [1.82, 2.24) is 14.3 Å². The van der Waals surface area contributed by atoms with E-state index in [-0.39, 0.29) is 22.6 Å². The van der Waals surface area contributed by atoms with Crippen LogP contribution in [0.15, 0.2) is 46.7 Å². The third kappa shape index (κ3) is 7.01. The number of hydrogen-bond acceptors (Lipinski definition) is 7. The Labute approximate surface area is 191 Å². The fourth-order valence-corrected chi connectivity index (χ4v) is 4.62. The van der Waals surface area contributed by atoms with E-state index in [4.69, 9.17) is 4.74 Å². The number of thiol groups is 1. The predicted octanol–water partition coefficient (Wildman–Crippen LogP) is 3.08. The van der Waals surface area contributed by atoms with Gasteiger partial charge in [-0.1, -0.05) is 12.1 Å². The molecule has 0 saturated carbocycles. The molecule has 31 heavy (non-hydrogen) atoms. The van der Waals surface area contributed by atoms with Crippen molar-refractivity contribution >= 4 is 52.2 Å². The number of carbonyl (C=O) groups excluding carboxylic acids is 2. The van der Waals surface area contributed by atoms with E-state index in [0.717, 1.165) is 4.88 Å². The second-order valence-corrected chi connectivity index (χ2v) is 10.1. The summed E-state index contributed by atoms with van der Waals surface area (Å²) in [6, 6.07) is 7.29. The van der Waals surface area contributed by atoms with Crippen LogP contribution in [0.25, 0.3) is 6.08 Å². The van der Waals surface area contributed by atoms with Crippen LogP contribution in [0.3, 0.4) is 0 Å². The van der Waals surface area contributed by atoms with E-state index in [1.54, 1.807) is 26.0 Å². The number of methoxy groups -OCH3 is 1. The van der Waals surface area contributed by atoms with Crippen molar-refractivity contribution in [2.75, 3.05) is 13.7 Å². The molecule has 0 aliphatic heterocycles. The fourth-order valence-electron chi connectivity index (χ4n) is 2.52. The van der Waals surface area contributed by atoms with Crippen LogP contribution in [0.5, 0.6) is 5.75 Å². The van der Waals surface area contributed by atoms with E-state index in [1.165, 1.54) is 36.7 Å². The van der Waals surface area contributed by atoms with Crippen molar-refractivity contribution in [3.05, 3.63) is 52.2 Å². The Hall–Kier alpha value is -2.50. The van der Waals surface area contributed by atoms with Gasteiger partial charge >= 0.3 is 6.03 Å². The number of amides is 3. The average molecular weight is 484 g/mol. The number of ether oxygens (including phenoxy) is 1. The van der Waals surface area contributed by atoms with Crippen LogP contribution in [0.4, 0.5) is 4.79 Å². The van der Waals surface area contributed by atoms with E-state index in [1.807, 2.05) is 17.5 Å². The minimum Gasteiger partial charge on any atom is -0.495 e. The molecule has 2 aromatic rings. The molecule has 0 saturated heterocycles. The van der Waals surface area contributed by atoms with Crippen molar-refractivity contribution in [2.24, 2.45) is 0 Å². The number of nitrogens with zero attached hydrogens (tertiary/aromatic N) is 1. The number of urea groups is 1. The van der Waals surface area contributed by atoms with Gasteiger partial charge in [-0.15, -0.1) is 11.3 Å². The van der Waals surface area contributed by atoms with Crippen LogP contribution in [-0.2, 0) is 21.2 Å². The number of thiophene rings is 1. The number of benzene rings is 1. The molecule has 0 radical (unpaired) electrons. The second kappa shape index (κ2) is 11.2. The number of rotatable bonds is 9. The molecule has 1 aromatic heterocycles. The summed E-state index contributed by atoms with van der Waals surface area (Å²) in [5.41, 5.74) is 0.646. The summed E-state index contributed by atoms with van der Waals surface area (Å²) in [6.45, 7) is 3.71. The standard InChI is InChI=1S/C20H25N3O5S3/c1-14(2)22-20(25)23(29)31(26,27)18-13-15(6-8-17(18)28-3)10-11-21-19(24)9-7-16-5-4-12-30-16/h4-9,12-14,29H,10-11H2,1-3H3,(H,21,24)(H,22,25)/b9-7+. The van der Waals surface area contributed by atoms with Crippen LogP contribution in [0, 0.1) is 0 Å². The molecule has 2 N–H and O–H groups in total. The molecule has 1 aromatic carbocycles. The normalized spacial score (nSPS) is 11.5. The first-order valence-corrected chi connectivity index (χ1v) is 12.1. The maximum absolute atomic E-state index is 12.9. The van der Waals surface area contributed by atoms with Gasteiger partial charge < -0.3 is 15.4 Å². The molecule has 0 fully saturated rings. The highest BCUT2D eigenvalue weighted by molar-refractivity contribution is 8.00. The van der Waals surface area contributed by atoms with Crippen molar-refractivity contribution in [2.45, 2.75) is 31.2 Å².